The number of aryl methyl sites for hydroxylation is 1. The van der Waals surface area contributed by atoms with E-state index in [9.17, 15) is 9.59 Å². The average molecular weight is 495 g/mol. The second-order valence-corrected chi connectivity index (χ2v) is 8.45. The first kappa shape index (κ1) is 25.8. The number of benzene rings is 3. The van der Waals surface area contributed by atoms with Crippen molar-refractivity contribution >= 4 is 29.7 Å². The van der Waals surface area contributed by atoms with Crippen molar-refractivity contribution in [2.75, 3.05) is 13.7 Å². The zero-order valence-corrected chi connectivity index (χ0v) is 20.8. The van der Waals surface area contributed by atoms with Crippen molar-refractivity contribution in [3.05, 3.63) is 87.9 Å². The SMILES string of the molecule is COc1cc(C=NNC(=O)COc2cc(C(C)C)ccc2C)ccc1OC(=O)c1ccccc1Cl. The number of hydrogen-bond donors (Lipinski definition) is 1. The Hall–Kier alpha value is -3.84. The summed E-state index contributed by atoms with van der Waals surface area (Å²) in [6.45, 7) is 5.96. The Balaban J connectivity index is 1.58. The van der Waals surface area contributed by atoms with Crippen LogP contribution in [0.25, 0.3) is 0 Å². The highest BCUT2D eigenvalue weighted by Gasteiger charge is 2.15. The molecule has 0 aromatic heterocycles. The van der Waals surface area contributed by atoms with E-state index < -0.39 is 11.9 Å². The van der Waals surface area contributed by atoms with E-state index in [0.717, 1.165) is 11.1 Å². The Morgan fingerprint density at radius 2 is 1.80 bits per heavy atom. The van der Waals surface area contributed by atoms with Crippen molar-refractivity contribution in [3.63, 3.8) is 0 Å². The molecule has 0 aliphatic carbocycles. The van der Waals surface area contributed by atoms with Gasteiger partial charge in [0.15, 0.2) is 18.1 Å². The zero-order chi connectivity index (χ0) is 25.4. The lowest BCUT2D eigenvalue weighted by atomic mass is 10.0. The topological polar surface area (TPSA) is 86.2 Å². The van der Waals surface area contributed by atoms with Crippen molar-refractivity contribution in [2.24, 2.45) is 5.10 Å². The van der Waals surface area contributed by atoms with E-state index in [4.69, 9.17) is 25.8 Å². The number of carbonyl (C=O) groups excluding carboxylic acids is 2. The number of hydrogen-bond acceptors (Lipinski definition) is 6. The van der Waals surface area contributed by atoms with Crippen LogP contribution in [0.1, 0.15) is 46.8 Å². The van der Waals surface area contributed by atoms with Gasteiger partial charge in [-0.3, -0.25) is 4.79 Å². The number of ether oxygens (including phenoxy) is 3. The molecule has 3 aromatic carbocycles. The molecule has 1 amide bonds. The minimum Gasteiger partial charge on any atom is -0.493 e. The van der Waals surface area contributed by atoms with Crippen LogP contribution in [-0.4, -0.2) is 31.8 Å². The fraction of sp³-hybridized carbons (Fsp3) is 0.222. The van der Waals surface area contributed by atoms with Gasteiger partial charge in [-0.15, -0.1) is 0 Å². The van der Waals surface area contributed by atoms with Gasteiger partial charge in [-0.1, -0.05) is 49.7 Å². The highest BCUT2D eigenvalue weighted by atomic mass is 35.5. The van der Waals surface area contributed by atoms with Crippen LogP contribution >= 0.6 is 11.6 Å². The molecule has 0 atom stereocenters. The summed E-state index contributed by atoms with van der Waals surface area (Å²) in [5.41, 5.74) is 5.40. The average Bonchev–Trinajstić information content (AvgIpc) is 2.84. The molecule has 8 heteroatoms. The smallest absolute Gasteiger partial charge is 0.345 e. The van der Waals surface area contributed by atoms with E-state index in [0.29, 0.717) is 28.0 Å². The number of rotatable bonds is 9. The molecule has 0 radical (unpaired) electrons. The normalized spacial score (nSPS) is 10.9. The molecular formula is C27H27ClN2O5. The second-order valence-electron chi connectivity index (χ2n) is 8.04. The summed E-state index contributed by atoms with van der Waals surface area (Å²) in [7, 11) is 1.46. The third kappa shape index (κ3) is 7.07. The van der Waals surface area contributed by atoms with E-state index in [-0.39, 0.29) is 17.9 Å². The molecule has 0 saturated heterocycles. The molecule has 0 spiro atoms. The van der Waals surface area contributed by atoms with Gasteiger partial charge in [0.05, 0.1) is 23.9 Å². The van der Waals surface area contributed by atoms with Gasteiger partial charge < -0.3 is 14.2 Å². The van der Waals surface area contributed by atoms with Crippen molar-refractivity contribution in [3.8, 4) is 17.2 Å². The molecule has 3 rings (SSSR count). The predicted octanol–water partition coefficient (Wildman–Crippen LogP) is 5.53. The molecule has 0 aliphatic heterocycles. The number of esters is 1. The third-order valence-corrected chi connectivity index (χ3v) is 5.45. The van der Waals surface area contributed by atoms with Crippen molar-refractivity contribution < 1.29 is 23.8 Å². The lowest BCUT2D eigenvalue weighted by Gasteiger charge is -2.12. The lowest BCUT2D eigenvalue weighted by molar-refractivity contribution is -0.123. The number of nitrogens with one attached hydrogen (secondary N) is 1. The van der Waals surface area contributed by atoms with Gasteiger partial charge in [0.1, 0.15) is 5.75 Å². The Kier molecular flexibility index (Phi) is 8.86. The summed E-state index contributed by atoms with van der Waals surface area (Å²) in [6.07, 6.45) is 1.45. The summed E-state index contributed by atoms with van der Waals surface area (Å²) < 4.78 is 16.4. The Morgan fingerprint density at radius 3 is 2.51 bits per heavy atom. The van der Waals surface area contributed by atoms with Gasteiger partial charge in [-0.05, 0) is 65.9 Å². The molecule has 7 nitrogen and oxygen atoms in total. The van der Waals surface area contributed by atoms with Crippen molar-refractivity contribution in [1.29, 1.82) is 0 Å². The monoisotopic (exact) mass is 494 g/mol. The number of nitrogens with zero attached hydrogens (tertiary/aromatic N) is 1. The van der Waals surface area contributed by atoms with E-state index in [1.165, 1.54) is 13.3 Å². The Morgan fingerprint density at radius 1 is 1.03 bits per heavy atom. The van der Waals surface area contributed by atoms with E-state index in [1.54, 1.807) is 42.5 Å². The summed E-state index contributed by atoms with van der Waals surface area (Å²) in [5, 5.41) is 4.26. The van der Waals surface area contributed by atoms with Gasteiger partial charge in [-0.25, -0.2) is 10.2 Å². The number of halogens is 1. The quantitative estimate of drug-likeness (QED) is 0.183. The van der Waals surface area contributed by atoms with Crippen molar-refractivity contribution in [1.82, 2.24) is 5.43 Å². The first-order valence-corrected chi connectivity index (χ1v) is 11.4. The highest BCUT2D eigenvalue weighted by Crippen LogP contribution is 2.29. The fourth-order valence-electron chi connectivity index (χ4n) is 3.12. The maximum absolute atomic E-state index is 12.4. The summed E-state index contributed by atoms with van der Waals surface area (Å²) in [5.74, 6) is 0.585. The van der Waals surface area contributed by atoms with Crippen LogP contribution in [0, 0.1) is 6.92 Å². The fourth-order valence-corrected chi connectivity index (χ4v) is 3.33. The predicted molar refractivity (Wildman–Crippen MR) is 136 cm³/mol. The van der Waals surface area contributed by atoms with Gasteiger partial charge in [0, 0.05) is 0 Å². The van der Waals surface area contributed by atoms with Crippen molar-refractivity contribution in [2.45, 2.75) is 26.7 Å². The number of amides is 1. The minimum atomic E-state index is -0.600. The Labute approximate surface area is 209 Å². The molecule has 35 heavy (non-hydrogen) atoms. The van der Waals surface area contributed by atoms with E-state index in [2.05, 4.69) is 30.4 Å². The molecule has 182 valence electrons. The third-order valence-electron chi connectivity index (χ3n) is 5.12. The minimum absolute atomic E-state index is 0.167. The molecule has 0 unspecified atom stereocenters. The molecular weight excluding hydrogens is 468 g/mol. The second kappa shape index (κ2) is 12.0. The summed E-state index contributed by atoms with van der Waals surface area (Å²) in [6, 6.07) is 17.5. The molecule has 3 aromatic rings. The molecule has 0 aliphatic rings. The van der Waals surface area contributed by atoms with Gasteiger partial charge >= 0.3 is 5.97 Å². The maximum Gasteiger partial charge on any atom is 0.345 e. The van der Waals surface area contributed by atoms with Crippen LogP contribution in [0.5, 0.6) is 17.2 Å². The maximum atomic E-state index is 12.4. The number of hydrazone groups is 1. The zero-order valence-electron chi connectivity index (χ0n) is 20.0. The standard InChI is InChI=1S/C27H27ClN2O5/c1-17(2)20-11-9-18(3)24(14-20)34-16-26(31)30-29-15-19-10-12-23(25(13-19)33-4)35-27(32)21-7-5-6-8-22(21)28/h5-15,17H,16H2,1-4H3,(H,30,31). The van der Waals surface area contributed by atoms with Gasteiger partial charge in [0.25, 0.3) is 5.91 Å². The van der Waals surface area contributed by atoms with Crippen LogP contribution in [-0.2, 0) is 4.79 Å². The molecule has 0 saturated carbocycles. The summed E-state index contributed by atoms with van der Waals surface area (Å²) >= 11 is 6.06. The molecule has 1 N–H and O–H groups in total. The van der Waals surface area contributed by atoms with Gasteiger partial charge in [0.2, 0.25) is 0 Å². The van der Waals surface area contributed by atoms with Crippen LogP contribution in [0.2, 0.25) is 5.02 Å². The lowest BCUT2D eigenvalue weighted by Crippen LogP contribution is -2.24. The van der Waals surface area contributed by atoms with Crippen LogP contribution < -0.4 is 19.6 Å². The van der Waals surface area contributed by atoms with Crippen LogP contribution in [0.4, 0.5) is 0 Å². The van der Waals surface area contributed by atoms with Crippen LogP contribution in [0.3, 0.4) is 0 Å². The molecule has 0 fully saturated rings. The first-order chi connectivity index (χ1) is 16.8. The van der Waals surface area contributed by atoms with Crippen LogP contribution in [0.15, 0.2) is 65.8 Å². The highest BCUT2D eigenvalue weighted by molar-refractivity contribution is 6.33. The molecule has 0 heterocycles. The largest absolute Gasteiger partial charge is 0.493 e. The number of methoxy groups -OCH3 is 1. The molecule has 0 bridgehead atoms. The first-order valence-electron chi connectivity index (χ1n) is 11.0. The van der Waals surface area contributed by atoms with E-state index in [1.807, 2.05) is 19.1 Å². The van der Waals surface area contributed by atoms with E-state index >= 15 is 0 Å². The van der Waals surface area contributed by atoms with Gasteiger partial charge in [-0.2, -0.15) is 5.10 Å². The summed E-state index contributed by atoms with van der Waals surface area (Å²) in [4.78, 5) is 24.6. The number of carbonyl (C=O) groups is 2. The Bertz CT molecular complexity index is 1240.